The van der Waals surface area contributed by atoms with E-state index < -0.39 is 0 Å². The first-order valence-electron chi connectivity index (χ1n) is 5.26. The van der Waals surface area contributed by atoms with Crippen LogP contribution in [0.25, 0.3) is 6.08 Å². The molecule has 18 heavy (non-hydrogen) atoms. The van der Waals surface area contributed by atoms with Crippen LogP contribution in [0.5, 0.6) is 0 Å². The van der Waals surface area contributed by atoms with E-state index in [1.807, 2.05) is 30.3 Å². The third-order valence-electron chi connectivity index (χ3n) is 2.10. The van der Waals surface area contributed by atoms with Crippen molar-refractivity contribution >= 4 is 33.7 Å². The van der Waals surface area contributed by atoms with Crippen LogP contribution in [0.2, 0.25) is 0 Å². The number of amides is 1. The Balaban J connectivity index is 1.97. The van der Waals surface area contributed by atoms with Crippen LogP contribution in [0.4, 0.5) is 5.82 Å². The highest BCUT2D eigenvalue weighted by molar-refractivity contribution is 9.10. The van der Waals surface area contributed by atoms with Crippen molar-refractivity contribution in [2.45, 2.75) is 0 Å². The first kappa shape index (κ1) is 12.4. The summed E-state index contributed by atoms with van der Waals surface area (Å²) >= 11 is 3.17. The molecule has 0 unspecified atom stereocenters. The van der Waals surface area contributed by atoms with Gasteiger partial charge in [-0.25, -0.2) is 9.97 Å². The Morgan fingerprint density at radius 1 is 1.17 bits per heavy atom. The third-order valence-corrected chi connectivity index (χ3v) is 2.51. The molecule has 0 fully saturated rings. The molecule has 90 valence electrons. The minimum atomic E-state index is -0.240. The topological polar surface area (TPSA) is 54.9 Å². The Morgan fingerprint density at radius 2 is 1.94 bits per heavy atom. The number of halogens is 1. The Labute approximate surface area is 113 Å². The molecule has 0 spiro atoms. The van der Waals surface area contributed by atoms with Crippen LogP contribution in [-0.4, -0.2) is 15.9 Å². The highest BCUT2D eigenvalue weighted by Crippen LogP contribution is 2.06. The van der Waals surface area contributed by atoms with E-state index in [0.717, 1.165) is 5.56 Å². The van der Waals surface area contributed by atoms with Crippen molar-refractivity contribution in [2.75, 3.05) is 5.32 Å². The summed E-state index contributed by atoms with van der Waals surface area (Å²) in [5.41, 5.74) is 0.967. The van der Waals surface area contributed by atoms with Gasteiger partial charge >= 0.3 is 0 Å². The second-order valence-electron chi connectivity index (χ2n) is 3.46. The molecule has 1 amide bonds. The van der Waals surface area contributed by atoms with Crippen LogP contribution in [0.1, 0.15) is 5.56 Å². The molecule has 1 aromatic carbocycles. The molecule has 0 aliphatic carbocycles. The Kier molecular flexibility index (Phi) is 4.20. The Morgan fingerprint density at radius 3 is 2.61 bits per heavy atom. The lowest BCUT2D eigenvalue weighted by Crippen LogP contribution is -2.09. The molecule has 2 aromatic rings. The SMILES string of the molecule is O=C(C=Cc1ccccc1)Nc1cnc(Br)cn1. The van der Waals surface area contributed by atoms with E-state index in [1.54, 1.807) is 6.08 Å². The lowest BCUT2D eigenvalue weighted by molar-refractivity contribution is -0.111. The lowest BCUT2D eigenvalue weighted by atomic mass is 10.2. The molecule has 4 nitrogen and oxygen atoms in total. The molecular formula is C13H10BrN3O. The molecule has 0 saturated carbocycles. The maximum Gasteiger partial charge on any atom is 0.249 e. The van der Waals surface area contributed by atoms with Crippen molar-refractivity contribution in [3.05, 3.63) is 59.0 Å². The van der Waals surface area contributed by atoms with Crippen LogP contribution in [-0.2, 0) is 4.79 Å². The summed E-state index contributed by atoms with van der Waals surface area (Å²) in [6.07, 6.45) is 6.20. The van der Waals surface area contributed by atoms with Gasteiger partial charge in [-0.3, -0.25) is 4.79 Å². The monoisotopic (exact) mass is 303 g/mol. The smallest absolute Gasteiger partial charge is 0.249 e. The molecule has 1 aromatic heterocycles. The second-order valence-corrected chi connectivity index (χ2v) is 4.27. The van der Waals surface area contributed by atoms with Gasteiger partial charge in [0, 0.05) is 6.08 Å². The Hall–Kier alpha value is -2.01. The van der Waals surface area contributed by atoms with Crippen LogP contribution < -0.4 is 5.32 Å². The van der Waals surface area contributed by atoms with Crippen molar-refractivity contribution in [3.8, 4) is 0 Å². The van der Waals surface area contributed by atoms with Crippen LogP contribution >= 0.6 is 15.9 Å². The zero-order chi connectivity index (χ0) is 12.8. The average molecular weight is 304 g/mol. The molecule has 0 aliphatic rings. The maximum atomic E-state index is 11.6. The van der Waals surface area contributed by atoms with Crippen molar-refractivity contribution < 1.29 is 4.79 Å². The molecule has 0 saturated heterocycles. The fraction of sp³-hybridized carbons (Fsp3) is 0. The van der Waals surface area contributed by atoms with Crippen molar-refractivity contribution in [3.63, 3.8) is 0 Å². The van der Waals surface area contributed by atoms with Gasteiger partial charge in [-0.2, -0.15) is 0 Å². The predicted octanol–water partition coefficient (Wildman–Crippen LogP) is 2.89. The number of rotatable bonds is 3. The number of carbonyl (C=O) groups excluding carboxylic acids is 1. The van der Waals surface area contributed by atoms with Gasteiger partial charge < -0.3 is 5.32 Å². The number of hydrogen-bond acceptors (Lipinski definition) is 3. The van der Waals surface area contributed by atoms with Crippen molar-refractivity contribution in [1.82, 2.24) is 9.97 Å². The van der Waals surface area contributed by atoms with Gasteiger partial charge in [0.15, 0.2) is 5.82 Å². The van der Waals surface area contributed by atoms with Gasteiger partial charge in [-0.05, 0) is 27.6 Å². The largest absolute Gasteiger partial charge is 0.306 e. The summed E-state index contributed by atoms with van der Waals surface area (Å²) < 4.78 is 0.625. The molecule has 5 heteroatoms. The third kappa shape index (κ3) is 3.78. The standard InChI is InChI=1S/C13H10BrN3O/c14-11-8-16-12(9-15-11)17-13(18)7-6-10-4-2-1-3-5-10/h1-9H,(H,16,17,18). The van der Waals surface area contributed by atoms with Gasteiger partial charge in [-0.15, -0.1) is 0 Å². The molecule has 2 rings (SSSR count). The van der Waals surface area contributed by atoms with E-state index in [1.165, 1.54) is 18.5 Å². The number of nitrogens with one attached hydrogen (secondary N) is 1. The second kappa shape index (κ2) is 6.07. The first-order chi connectivity index (χ1) is 8.74. The lowest BCUT2D eigenvalue weighted by Gasteiger charge is -1.99. The molecule has 0 bridgehead atoms. The molecule has 1 heterocycles. The molecular weight excluding hydrogens is 294 g/mol. The number of aromatic nitrogens is 2. The molecule has 0 aliphatic heterocycles. The number of anilines is 1. The fourth-order valence-corrected chi connectivity index (χ4v) is 1.49. The quantitative estimate of drug-likeness (QED) is 0.887. The summed E-state index contributed by atoms with van der Waals surface area (Å²) in [6, 6.07) is 9.59. The number of benzene rings is 1. The summed E-state index contributed by atoms with van der Waals surface area (Å²) in [5, 5.41) is 2.62. The van der Waals surface area contributed by atoms with E-state index in [0.29, 0.717) is 10.4 Å². The zero-order valence-corrected chi connectivity index (χ0v) is 11.0. The number of nitrogens with zero attached hydrogens (tertiary/aromatic N) is 2. The van der Waals surface area contributed by atoms with Gasteiger partial charge in [0.25, 0.3) is 0 Å². The summed E-state index contributed by atoms with van der Waals surface area (Å²) in [4.78, 5) is 19.6. The van der Waals surface area contributed by atoms with Gasteiger partial charge in [-0.1, -0.05) is 30.3 Å². The summed E-state index contributed by atoms with van der Waals surface area (Å²) in [6.45, 7) is 0. The highest BCUT2D eigenvalue weighted by atomic mass is 79.9. The molecule has 0 radical (unpaired) electrons. The summed E-state index contributed by atoms with van der Waals surface area (Å²) in [7, 11) is 0. The maximum absolute atomic E-state index is 11.6. The first-order valence-corrected chi connectivity index (χ1v) is 6.05. The number of carbonyl (C=O) groups is 1. The zero-order valence-electron chi connectivity index (χ0n) is 9.38. The van der Waals surface area contributed by atoms with Crippen LogP contribution in [0.3, 0.4) is 0 Å². The van der Waals surface area contributed by atoms with Crippen molar-refractivity contribution in [2.24, 2.45) is 0 Å². The fourth-order valence-electron chi connectivity index (χ4n) is 1.28. The van der Waals surface area contributed by atoms with E-state index >= 15 is 0 Å². The highest BCUT2D eigenvalue weighted by Gasteiger charge is 1.99. The molecule has 0 atom stereocenters. The van der Waals surface area contributed by atoms with E-state index in [4.69, 9.17) is 0 Å². The predicted molar refractivity (Wildman–Crippen MR) is 73.8 cm³/mol. The van der Waals surface area contributed by atoms with E-state index in [9.17, 15) is 4.79 Å². The van der Waals surface area contributed by atoms with Crippen molar-refractivity contribution in [1.29, 1.82) is 0 Å². The number of hydrogen-bond donors (Lipinski definition) is 1. The normalized spacial score (nSPS) is 10.5. The average Bonchev–Trinajstić information content (AvgIpc) is 2.40. The van der Waals surface area contributed by atoms with Gasteiger partial charge in [0.05, 0.1) is 12.4 Å². The van der Waals surface area contributed by atoms with Crippen LogP contribution in [0, 0.1) is 0 Å². The summed E-state index contributed by atoms with van der Waals surface area (Å²) in [5.74, 6) is 0.177. The minimum absolute atomic E-state index is 0.240. The van der Waals surface area contributed by atoms with Gasteiger partial charge in [0.2, 0.25) is 5.91 Å². The minimum Gasteiger partial charge on any atom is -0.306 e. The Bertz CT molecular complexity index is 552. The van der Waals surface area contributed by atoms with Gasteiger partial charge in [0.1, 0.15) is 4.60 Å². The van der Waals surface area contributed by atoms with Crippen LogP contribution in [0.15, 0.2) is 53.4 Å². The van der Waals surface area contributed by atoms with E-state index in [-0.39, 0.29) is 5.91 Å². The van der Waals surface area contributed by atoms with E-state index in [2.05, 4.69) is 31.2 Å². The molecule has 1 N–H and O–H groups in total.